The second kappa shape index (κ2) is 8.84. The van der Waals surface area contributed by atoms with Crippen LogP contribution in [0.4, 0.5) is 0 Å². The molecule has 156 valence electrons. The fourth-order valence-corrected chi connectivity index (χ4v) is 5.40. The predicted molar refractivity (Wildman–Crippen MR) is 107 cm³/mol. The average molecular weight is 410 g/mol. The summed E-state index contributed by atoms with van der Waals surface area (Å²) < 4.78 is 28.4. The lowest BCUT2D eigenvalue weighted by molar-refractivity contribution is 0.0922. The Kier molecular flexibility index (Phi) is 6.67. The Bertz CT molecular complexity index is 806. The van der Waals surface area contributed by atoms with Gasteiger partial charge in [-0.1, -0.05) is 25.7 Å². The van der Waals surface area contributed by atoms with Gasteiger partial charge in [-0.15, -0.1) is 0 Å². The molecular weight excluding hydrogens is 378 g/mol. The van der Waals surface area contributed by atoms with Crippen molar-refractivity contribution < 1.29 is 13.2 Å². The van der Waals surface area contributed by atoms with Gasteiger partial charge in [-0.05, 0) is 32.6 Å². The van der Waals surface area contributed by atoms with Crippen LogP contribution >= 0.6 is 0 Å². The second-order valence-electron chi connectivity index (χ2n) is 7.94. The summed E-state index contributed by atoms with van der Waals surface area (Å²) in [7, 11) is -0.544. The first-order chi connectivity index (χ1) is 13.3. The SMILES string of the molecule is Cc1ncc(C(=O)NC2CCCCC2)c([C@H]2CCCCN2S(=O)(=O)N(C)C)n1. The van der Waals surface area contributed by atoms with Crippen molar-refractivity contribution in [3.05, 3.63) is 23.3 Å². The quantitative estimate of drug-likeness (QED) is 0.804. The van der Waals surface area contributed by atoms with Crippen molar-refractivity contribution in [2.75, 3.05) is 20.6 Å². The Morgan fingerprint density at radius 2 is 1.82 bits per heavy atom. The van der Waals surface area contributed by atoms with E-state index in [0.717, 1.165) is 38.5 Å². The number of amides is 1. The van der Waals surface area contributed by atoms with Crippen LogP contribution in [-0.4, -0.2) is 59.6 Å². The highest BCUT2D eigenvalue weighted by Crippen LogP contribution is 2.34. The Balaban J connectivity index is 1.93. The maximum atomic E-state index is 13.0. The van der Waals surface area contributed by atoms with E-state index in [-0.39, 0.29) is 11.9 Å². The van der Waals surface area contributed by atoms with E-state index in [1.807, 2.05) is 0 Å². The molecule has 2 heterocycles. The van der Waals surface area contributed by atoms with Crippen LogP contribution in [-0.2, 0) is 10.2 Å². The van der Waals surface area contributed by atoms with Crippen LogP contribution in [0.5, 0.6) is 0 Å². The average Bonchev–Trinajstić information content (AvgIpc) is 2.68. The summed E-state index contributed by atoms with van der Waals surface area (Å²) in [6.07, 6.45) is 9.33. The van der Waals surface area contributed by atoms with Crippen molar-refractivity contribution in [1.29, 1.82) is 0 Å². The monoisotopic (exact) mass is 409 g/mol. The molecule has 0 radical (unpaired) electrons. The molecule has 1 atom stereocenters. The zero-order chi connectivity index (χ0) is 20.3. The van der Waals surface area contributed by atoms with Crippen molar-refractivity contribution in [2.24, 2.45) is 0 Å². The Labute approximate surface area is 167 Å². The highest BCUT2D eigenvalue weighted by molar-refractivity contribution is 7.86. The molecule has 1 saturated carbocycles. The molecule has 0 unspecified atom stereocenters. The first kappa shape index (κ1) is 21.1. The zero-order valence-corrected chi connectivity index (χ0v) is 17.8. The smallest absolute Gasteiger partial charge is 0.282 e. The van der Waals surface area contributed by atoms with Crippen molar-refractivity contribution in [3.8, 4) is 0 Å². The third-order valence-corrected chi connectivity index (χ3v) is 7.60. The van der Waals surface area contributed by atoms with Crippen LogP contribution in [0.2, 0.25) is 0 Å². The fourth-order valence-electron chi connectivity index (χ4n) is 4.09. The molecule has 0 aromatic carbocycles. The molecule has 8 nitrogen and oxygen atoms in total. The predicted octanol–water partition coefficient (Wildman–Crippen LogP) is 2.18. The van der Waals surface area contributed by atoms with E-state index in [0.29, 0.717) is 30.0 Å². The molecule has 2 aliphatic rings. The van der Waals surface area contributed by atoms with Crippen molar-refractivity contribution in [3.63, 3.8) is 0 Å². The molecule has 1 aliphatic heterocycles. The summed E-state index contributed by atoms with van der Waals surface area (Å²) in [6, 6.07) is -0.279. The number of nitrogens with one attached hydrogen (secondary N) is 1. The minimum absolute atomic E-state index is 0.170. The van der Waals surface area contributed by atoms with Gasteiger partial charge in [0, 0.05) is 32.9 Å². The van der Waals surface area contributed by atoms with Gasteiger partial charge in [-0.25, -0.2) is 9.97 Å². The van der Waals surface area contributed by atoms with Crippen LogP contribution in [0, 0.1) is 6.92 Å². The number of piperidine rings is 1. The zero-order valence-electron chi connectivity index (χ0n) is 17.0. The summed E-state index contributed by atoms with van der Waals surface area (Å²) >= 11 is 0. The molecule has 0 bridgehead atoms. The van der Waals surface area contributed by atoms with Crippen LogP contribution in [0.3, 0.4) is 0 Å². The molecule has 1 aromatic heterocycles. The molecular formula is C19H31N5O3S. The molecule has 1 N–H and O–H groups in total. The first-order valence-corrected chi connectivity index (χ1v) is 11.5. The summed E-state index contributed by atoms with van der Waals surface area (Å²) in [5.74, 6) is 0.340. The van der Waals surface area contributed by atoms with E-state index in [9.17, 15) is 13.2 Å². The lowest BCUT2D eigenvalue weighted by atomic mass is 9.94. The molecule has 9 heteroatoms. The summed E-state index contributed by atoms with van der Waals surface area (Å²) in [6.45, 7) is 2.19. The lowest BCUT2D eigenvalue weighted by Crippen LogP contribution is -2.45. The Morgan fingerprint density at radius 1 is 1.14 bits per heavy atom. The van der Waals surface area contributed by atoms with E-state index in [1.54, 1.807) is 13.1 Å². The second-order valence-corrected chi connectivity index (χ2v) is 10.0. The number of nitrogens with zero attached hydrogens (tertiary/aromatic N) is 4. The van der Waals surface area contributed by atoms with E-state index in [2.05, 4.69) is 15.3 Å². The molecule has 1 aromatic rings. The van der Waals surface area contributed by atoms with Gasteiger partial charge in [0.05, 0.1) is 17.3 Å². The van der Waals surface area contributed by atoms with E-state index in [1.165, 1.54) is 29.1 Å². The molecule has 0 spiro atoms. The third kappa shape index (κ3) is 4.52. The lowest BCUT2D eigenvalue weighted by Gasteiger charge is -2.36. The van der Waals surface area contributed by atoms with Crippen LogP contribution in [0.1, 0.15) is 79.3 Å². The van der Waals surface area contributed by atoms with Gasteiger partial charge < -0.3 is 5.32 Å². The number of rotatable bonds is 5. The van der Waals surface area contributed by atoms with Crippen LogP contribution < -0.4 is 5.32 Å². The third-order valence-electron chi connectivity index (χ3n) is 5.65. The van der Waals surface area contributed by atoms with Gasteiger partial charge in [0.1, 0.15) is 5.82 Å². The number of carbonyl (C=O) groups is 1. The normalized spacial score (nSPS) is 22.4. The van der Waals surface area contributed by atoms with Gasteiger partial charge in [-0.3, -0.25) is 4.79 Å². The largest absolute Gasteiger partial charge is 0.349 e. The molecule has 28 heavy (non-hydrogen) atoms. The van der Waals surface area contributed by atoms with Crippen LogP contribution in [0.15, 0.2) is 6.20 Å². The summed E-state index contributed by atoms with van der Waals surface area (Å²) in [5, 5.41) is 3.11. The minimum atomic E-state index is -3.61. The molecule has 1 amide bonds. The van der Waals surface area contributed by atoms with Gasteiger partial charge in [-0.2, -0.15) is 17.0 Å². The topological polar surface area (TPSA) is 95.5 Å². The molecule has 1 saturated heterocycles. The van der Waals surface area contributed by atoms with Gasteiger partial charge in [0.15, 0.2) is 0 Å². The van der Waals surface area contributed by atoms with Crippen molar-refractivity contribution in [2.45, 2.75) is 70.4 Å². The van der Waals surface area contributed by atoms with E-state index in [4.69, 9.17) is 0 Å². The summed E-state index contributed by atoms with van der Waals surface area (Å²) in [4.78, 5) is 21.8. The van der Waals surface area contributed by atoms with Gasteiger partial charge in [0.2, 0.25) is 0 Å². The molecule has 1 aliphatic carbocycles. The maximum absolute atomic E-state index is 13.0. The van der Waals surface area contributed by atoms with Crippen molar-refractivity contribution in [1.82, 2.24) is 23.9 Å². The van der Waals surface area contributed by atoms with E-state index < -0.39 is 16.3 Å². The number of aromatic nitrogens is 2. The standard InChI is InChI=1S/C19H31N5O3S/c1-14-20-13-16(19(25)22-15-9-5-4-6-10-15)18(21-14)17-11-7-8-12-24(17)28(26,27)23(2)3/h13,15,17H,4-12H2,1-3H3,(H,22,25)/t17-/m1/s1. The first-order valence-electron chi connectivity index (χ1n) is 10.1. The fraction of sp³-hybridized carbons (Fsp3) is 0.737. The molecule has 3 rings (SSSR count). The number of aryl methyl sites for hydroxylation is 1. The van der Waals surface area contributed by atoms with E-state index >= 15 is 0 Å². The van der Waals surface area contributed by atoms with Crippen molar-refractivity contribution >= 4 is 16.1 Å². The van der Waals surface area contributed by atoms with Crippen LogP contribution in [0.25, 0.3) is 0 Å². The number of hydrogen-bond donors (Lipinski definition) is 1. The van der Waals surface area contributed by atoms with Gasteiger partial charge >= 0.3 is 0 Å². The Hall–Kier alpha value is -1.58. The maximum Gasteiger partial charge on any atom is 0.282 e. The molecule has 2 fully saturated rings. The summed E-state index contributed by atoms with van der Waals surface area (Å²) in [5.41, 5.74) is 0.910. The van der Waals surface area contributed by atoms with Gasteiger partial charge in [0.25, 0.3) is 16.1 Å². The Morgan fingerprint density at radius 3 is 2.50 bits per heavy atom. The number of carbonyl (C=O) groups excluding carboxylic acids is 1. The highest BCUT2D eigenvalue weighted by atomic mass is 32.2. The minimum Gasteiger partial charge on any atom is -0.349 e. The number of hydrogen-bond acceptors (Lipinski definition) is 5. The highest BCUT2D eigenvalue weighted by Gasteiger charge is 2.37.